The van der Waals surface area contributed by atoms with Crippen LogP contribution in [0.25, 0.3) is 16.5 Å². The second-order valence-corrected chi connectivity index (χ2v) is 6.79. The van der Waals surface area contributed by atoms with Gasteiger partial charge in [0.15, 0.2) is 5.69 Å². The zero-order valence-electron chi connectivity index (χ0n) is 15.9. The summed E-state index contributed by atoms with van der Waals surface area (Å²) >= 11 is 0. The molecule has 0 spiro atoms. The molecule has 140 valence electrons. The number of phenols is 1. The molecule has 2 N–H and O–H groups in total. The second kappa shape index (κ2) is 6.81. The average molecular weight is 372 g/mol. The maximum Gasteiger partial charge on any atom is 0.243 e. The fraction of sp³-hybridized carbons (Fsp3) is 0.136. The second-order valence-electron chi connectivity index (χ2n) is 6.79. The minimum absolute atomic E-state index is 0.0288. The molecule has 6 heteroatoms. The molecule has 28 heavy (non-hydrogen) atoms. The first-order chi connectivity index (χ1) is 13.5. The van der Waals surface area contributed by atoms with Crippen molar-refractivity contribution in [3.05, 3.63) is 71.4 Å². The van der Waals surface area contributed by atoms with Crippen LogP contribution in [0.3, 0.4) is 0 Å². The van der Waals surface area contributed by atoms with E-state index in [1.165, 1.54) is 10.2 Å². The van der Waals surface area contributed by atoms with E-state index < -0.39 is 0 Å². The summed E-state index contributed by atoms with van der Waals surface area (Å²) in [5.41, 5.74) is 4.19. The number of aryl methyl sites for hydroxylation is 3. The zero-order valence-corrected chi connectivity index (χ0v) is 15.9. The Labute approximate surface area is 162 Å². The van der Waals surface area contributed by atoms with Gasteiger partial charge in [0.1, 0.15) is 11.4 Å². The van der Waals surface area contributed by atoms with Crippen LogP contribution in [0.15, 0.2) is 64.8 Å². The highest BCUT2D eigenvalue weighted by atomic mass is 16.3. The third-order valence-corrected chi connectivity index (χ3v) is 4.87. The van der Waals surface area contributed by atoms with Crippen molar-refractivity contribution >= 4 is 22.1 Å². The summed E-state index contributed by atoms with van der Waals surface area (Å²) in [5, 5.41) is 35.5. The number of aromatic hydroxyl groups is 2. The SMILES string of the molecule is Cc1ccc(-n2nc(C)c(N=Nc3c(O)ccc4ccccc34)c2O)cc1C. The highest BCUT2D eigenvalue weighted by Gasteiger charge is 2.16. The fourth-order valence-corrected chi connectivity index (χ4v) is 3.11. The van der Waals surface area contributed by atoms with E-state index in [0.717, 1.165) is 22.0 Å². The van der Waals surface area contributed by atoms with Gasteiger partial charge in [-0.2, -0.15) is 9.78 Å². The van der Waals surface area contributed by atoms with Crippen molar-refractivity contribution in [1.29, 1.82) is 0 Å². The van der Waals surface area contributed by atoms with Gasteiger partial charge in [-0.05, 0) is 55.5 Å². The van der Waals surface area contributed by atoms with Crippen LogP contribution < -0.4 is 0 Å². The smallest absolute Gasteiger partial charge is 0.243 e. The van der Waals surface area contributed by atoms with Gasteiger partial charge in [-0.25, -0.2) is 0 Å². The fourth-order valence-electron chi connectivity index (χ4n) is 3.11. The summed E-state index contributed by atoms with van der Waals surface area (Å²) in [6.07, 6.45) is 0. The van der Waals surface area contributed by atoms with E-state index >= 15 is 0 Å². The van der Waals surface area contributed by atoms with Gasteiger partial charge in [0.25, 0.3) is 0 Å². The predicted octanol–water partition coefficient (Wildman–Crippen LogP) is 5.78. The zero-order chi connectivity index (χ0) is 19.8. The predicted molar refractivity (Wildman–Crippen MR) is 109 cm³/mol. The lowest BCUT2D eigenvalue weighted by Gasteiger charge is -2.06. The molecule has 0 saturated carbocycles. The number of nitrogens with zero attached hydrogens (tertiary/aromatic N) is 4. The molecule has 0 fully saturated rings. The standard InChI is InChI=1S/C22H20N4O2/c1-13-8-10-17(12-14(13)2)26-22(28)20(15(3)25-26)23-24-21-18-7-5-4-6-16(18)9-11-19(21)27/h4-12,27-28H,1-3H3. The van der Waals surface area contributed by atoms with E-state index in [2.05, 4.69) is 15.3 Å². The Morgan fingerprint density at radius 1 is 0.821 bits per heavy atom. The summed E-state index contributed by atoms with van der Waals surface area (Å²) in [6.45, 7) is 5.80. The van der Waals surface area contributed by atoms with E-state index in [-0.39, 0.29) is 17.3 Å². The van der Waals surface area contributed by atoms with Crippen LogP contribution in [0.4, 0.5) is 11.4 Å². The first-order valence-electron chi connectivity index (χ1n) is 8.94. The van der Waals surface area contributed by atoms with Crippen LogP contribution in [0, 0.1) is 20.8 Å². The van der Waals surface area contributed by atoms with Gasteiger partial charge < -0.3 is 10.2 Å². The van der Waals surface area contributed by atoms with E-state index in [1.807, 2.05) is 62.4 Å². The third-order valence-electron chi connectivity index (χ3n) is 4.87. The Hall–Kier alpha value is -3.67. The molecule has 1 heterocycles. The normalized spacial score (nSPS) is 11.5. The molecule has 0 aliphatic heterocycles. The molecule has 0 unspecified atom stereocenters. The van der Waals surface area contributed by atoms with E-state index in [1.54, 1.807) is 13.0 Å². The maximum atomic E-state index is 10.7. The molecule has 0 aliphatic carbocycles. The topological polar surface area (TPSA) is 83.0 Å². The van der Waals surface area contributed by atoms with Crippen molar-refractivity contribution in [3.8, 4) is 17.3 Å². The Morgan fingerprint density at radius 2 is 1.57 bits per heavy atom. The van der Waals surface area contributed by atoms with Crippen molar-refractivity contribution in [2.24, 2.45) is 10.2 Å². The number of benzene rings is 3. The van der Waals surface area contributed by atoms with Gasteiger partial charge in [-0.1, -0.05) is 36.4 Å². The van der Waals surface area contributed by atoms with Crippen molar-refractivity contribution in [3.63, 3.8) is 0 Å². The van der Waals surface area contributed by atoms with Crippen LogP contribution in [0.5, 0.6) is 11.6 Å². The largest absolute Gasteiger partial charge is 0.506 e. The summed E-state index contributed by atoms with van der Waals surface area (Å²) < 4.78 is 1.44. The summed E-state index contributed by atoms with van der Waals surface area (Å²) in [7, 11) is 0. The minimum atomic E-state index is -0.0933. The van der Waals surface area contributed by atoms with Crippen LogP contribution in [-0.4, -0.2) is 20.0 Å². The lowest BCUT2D eigenvalue weighted by molar-refractivity contribution is 0.434. The van der Waals surface area contributed by atoms with Crippen LogP contribution in [0.1, 0.15) is 16.8 Å². The number of fused-ring (bicyclic) bond motifs is 1. The number of phenolic OH excluding ortho intramolecular Hbond substituents is 1. The molecule has 0 amide bonds. The first-order valence-corrected chi connectivity index (χ1v) is 8.94. The molecule has 0 atom stereocenters. The van der Waals surface area contributed by atoms with Crippen LogP contribution >= 0.6 is 0 Å². The maximum absolute atomic E-state index is 10.7. The monoisotopic (exact) mass is 372 g/mol. The molecule has 0 bridgehead atoms. The highest BCUT2D eigenvalue weighted by molar-refractivity contribution is 5.95. The van der Waals surface area contributed by atoms with Crippen LogP contribution in [0.2, 0.25) is 0 Å². The van der Waals surface area contributed by atoms with E-state index in [0.29, 0.717) is 11.4 Å². The molecule has 4 rings (SSSR count). The Balaban J connectivity index is 1.79. The van der Waals surface area contributed by atoms with E-state index in [4.69, 9.17) is 0 Å². The number of rotatable bonds is 3. The van der Waals surface area contributed by atoms with Crippen LogP contribution in [-0.2, 0) is 0 Å². The summed E-state index contributed by atoms with van der Waals surface area (Å²) in [5.74, 6) is -0.0645. The molecule has 6 nitrogen and oxygen atoms in total. The molecule has 4 aromatic rings. The van der Waals surface area contributed by atoms with Gasteiger partial charge in [0, 0.05) is 5.39 Å². The van der Waals surface area contributed by atoms with Gasteiger partial charge in [-0.3, -0.25) is 0 Å². The van der Waals surface area contributed by atoms with Gasteiger partial charge in [0.2, 0.25) is 5.88 Å². The molecule has 0 saturated heterocycles. The highest BCUT2D eigenvalue weighted by Crippen LogP contribution is 2.38. The summed E-state index contributed by atoms with van der Waals surface area (Å²) in [4.78, 5) is 0. The quantitative estimate of drug-likeness (QED) is 0.447. The summed E-state index contributed by atoms with van der Waals surface area (Å²) in [6, 6.07) is 16.8. The van der Waals surface area contributed by atoms with Gasteiger partial charge >= 0.3 is 0 Å². The molecular formula is C22H20N4O2. The average Bonchev–Trinajstić information content (AvgIpc) is 2.97. The van der Waals surface area contributed by atoms with Crippen molar-refractivity contribution in [2.75, 3.05) is 0 Å². The molecule has 0 aliphatic rings. The third kappa shape index (κ3) is 2.99. The number of aromatic nitrogens is 2. The first kappa shape index (κ1) is 17.7. The Bertz CT molecular complexity index is 1220. The van der Waals surface area contributed by atoms with Gasteiger partial charge in [0.05, 0.1) is 11.4 Å². The number of hydrogen-bond donors (Lipinski definition) is 2. The van der Waals surface area contributed by atoms with Gasteiger partial charge in [-0.15, -0.1) is 10.2 Å². The molecule has 0 radical (unpaired) electrons. The van der Waals surface area contributed by atoms with E-state index in [9.17, 15) is 10.2 Å². The number of azo groups is 1. The Kier molecular flexibility index (Phi) is 4.31. The molecular weight excluding hydrogens is 352 g/mol. The lowest BCUT2D eigenvalue weighted by atomic mass is 10.1. The van der Waals surface area contributed by atoms with Crippen molar-refractivity contribution in [1.82, 2.24) is 9.78 Å². The minimum Gasteiger partial charge on any atom is -0.506 e. The molecule has 3 aromatic carbocycles. The lowest BCUT2D eigenvalue weighted by Crippen LogP contribution is -1.97. The molecule has 1 aromatic heterocycles. The van der Waals surface area contributed by atoms with Crippen molar-refractivity contribution in [2.45, 2.75) is 20.8 Å². The Morgan fingerprint density at radius 3 is 2.36 bits per heavy atom. The number of hydrogen-bond acceptors (Lipinski definition) is 5. The van der Waals surface area contributed by atoms with Crippen molar-refractivity contribution < 1.29 is 10.2 Å².